The van der Waals surface area contributed by atoms with Crippen molar-refractivity contribution in [2.75, 3.05) is 13.7 Å². The maximum Gasteiger partial charge on any atom is 0.309 e. The molecule has 4 aliphatic carbocycles. The minimum atomic E-state index is -0.645. The molecule has 4 aliphatic rings. The van der Waals surface area contributed by atoms with Gasteiger partial charge in [0.2, 0.25) is 0 Å². The first-order chi connectivity index (χ1) is 8.13. The summed E-state index contributed by atoms with van der Waals surface area (Å²) in [6, 6.07) is 0. The maximum atomic E-state index is 11.5. The molecule has 0 saturated heterocycles. The van der Waals surface area contributed by atoms with Crippen LogP contribution in [-0.2, 0) is 9.53 Å². The third kappa shape index (κ3) is 1.79. The predicted octanol–water partition coefficient (Wildman–Crippen LogP) is 2.55. The van der Waals surface area contributed by atoms with E-state index in [1.165, 1.54) is 19.3 Å². The third-order valence-electron chi connectivity index (χ3n) is 5.46. The summed E-state index contributed by atoms with van der Waals surface area (Å²) in [4.78, 5) is 11.5. The average Bonchev–Trinajstić information content (AvgIpc) is 2.23. The number of rotatable bonds is 4. The van der Waals surface area contributed by atoms with Crippen LogP contribution in [0.5, 0.6) is 0 Å². The average molecular weight is 238 g/mol. The summed E-state index contributed by atoms with van der Waals surface area (Å²) in [6.45, 7) is 0.390. The second-order valence-corrected chi connectivity index (χ2v) is 6.63. The molecule has 0 spiro atoms. The van der Waals surface area contributed by atoms with E-state index in [0.29, 0.717) is 6.61 Å². The Labute approximate surface area is 103 Å². The molecule has 0 aromatic carbocycles. The van der Waals surface area contributed by atoms with Crippen molar-refractivity contribution in [2.45, 2.75) is 38.5 Å². The lowest BCUT2D eigenvalue weighted by atomic mass is 9.46. The van der Waals surface area contributed by atoms with Crippen LogP contribution in [0.4, 0.5) is 0 Å². The minimum absolute atomic E-state index is 0.0661. The Balaban J connectivity index is 1.87. The van der Waals surface area contributed by atoms with Gasteiger partial charge in [-0.05, 0) is 61.7 Å². The van der Waals surface area contributed by atoms with Crippen molar-refractivity contribution < 1.29 is 14.6 Å². The van der Waals surface area contributed by atoms with Gasteiger partial charge in [0.15, 0.2) is 0 Å². The van der Waals surface area contributed by atoms with E-state index in [-0.39, 0.29) is 11.3 Å². The summed E-state index contributed by atoms with van der Waals surface area (Å²) >= 11 is 0. The molecule has 1 atom stereocenters. The Hall–Kier alpha value is -0.570. The number of hydrogen-bond acceptors (Lipinski definition) is 2. The summed E-state index contributed by atoms with van der Waals surface area (Å²) in [6.07, 6.45) is 7.49. The van der Waals surface area contributed by atoms with Gasteiger partial charge in [0.1, 0.15) is 0 Å². The zero-order valence-electron chi connectivity index (χ0n) is 10.5. The van der Waals surface area contributed by atoms with Gasteiger partial charge >= 0.3 is 5.97 Å². The number of ether oxygens (including phenoxy) is 1. The molecule has 4 bridgehead atoms. The normalized spacial score (nSPS) is 44.9. The summed E-state index contributed by atoms with van der Waals surface area (Å²) in [5, 5.41) is 9.48. The Morgan fingerprint density at radius 2 is 1.71 bits per heavy atom. The molecule has 0 amide bonds. The Kier molecular flexibility index (Phi) is 2.69. The highest BCUT2D eigenvalue weighted by Crippen LogP contribution is 2.62. The molecule has 1 N–H and O–H groups in total. The first kappa shape index (κ1) is 11.5. The number of methoxy groups -OCH3 is 1. The van der Waals surface area contributed by atoms with E-state index >= 15 is 0 Å². The Morgan fingerprint density at radius 1 is 1.24 bits per heavy atom. The Bertz CT molecular complexity index is 288. The van der Waals surface area contributed by atoms with Crippen LogP contribution in [0.3, 0.4) is 0 Å². The molecular weight excluding hydrogens is 216 g/mol. The maximum absolute atomic E-state index is 11.5. The van der Waals surface area contributed by atoms with Crippen LogP contribution in [0.25, 0.3) is 0 Å². The lowest BCUT2D eigenvalue weighted by molar-refractivity contribution is -0.162. The van der Waals surface area contributed by atoms with Crippen LogP contribution >= 0.6 is 0 Å². The fourth-order valence-corrected chi connectivity index (χ4v) is 5.28. The van der Waals surface area contributed by atoms with Gasteiger partial charge in [-0.15, -0.1) is 0 Å². The first-order valence-corrected chi connectivity index (χ1v) is 6.85. The highest BCUT2D eigenvalue weighted by molar-refractivity contribution is 5.71. The third-order valence-corrected chi connectivity index (χ3v) is 5.46. The van der Waals surface area contributed by atoms with Crippen LogP contribution in [0.2, 0.25) is 0 Å². The minimum Gasteiger partial charge on any atom is -0.481 e. The van der Waals surface area contributed by atoms with Crippen molar-refractivity contribution >= 4 is 5.97 Å². The van der Waals surface area contributed by atoms with E-state index in [9.17, 15) is 9.90 Å². The molecule has 0 aromatic heterocycles. The van der Waals surface area contributed by atoms with Crippen molar-refractivity contribution in [1.29, 1.82) is 0 Å². The largest absolute Gasteiger partial charge is 0.481 e. The van der Waals surface area contributed by atoms with E-state index in [4.69, 9.17) is 4.74 Å². The molecule has 0 radical (unpaired) electrons. The smallest absolute Gasteiger partial charge is 0.309 e. The summed E-state index contributed by atoms with van der Waals surface area (Å²) in [7, 11) is 1.62. The highest BCUT2D eigenvalue weighted by Gasteiger charge is 2.55. The molecule has 4 saturated carbocycles. The van der Waals surface area contributed by atoms with Gasteiger partial charge < -0.3 is 9.84 Å². The number of hydrogen-bond donors (Lipinski definition) is 1. The zero-order chi connectivity index (χ0) is 12.0. The van der Waals surface area contributed by atoms with E-state index in [2.05, 4.69) is 0 Å². The predicted molar refractivity (Wildman–Crippen MR) is 63.6 cm³/mol. The van der Waals surface area contributed by atoms with Gasteiger partial charge in [0, 0.05) is 7.11 Å². The van der Waals surface area contributed by atoms with Gasteiger partial charge in [-0.25, -0.2) is 0 Å². The lowest BCUT2D eigenvalue weighted by Crippen LogP contribution is -2.52. The van der Waals surface area contributed by atoms with Crippen molar-refractivity contribution in [1.82, 2.24) is 0 Å². The molecule has 0 heterocycles. The number of aliphatic carboxylic acids is 1. The second kappa shape index (κ2) is 3.98. The fraction of sp³-hybridized carbons (Fsp3) is 0.929. The Morgan fingerprint density at radius 3 is 2.06 bits per heavy atom. The van der Waals surface area contributed by atoms with E-state index in [1.807, 2.05) is 0 Å². The van der Waals surface area contributed by atoms with Crippen molar-refractivity contribution in [2.24, 2.45) is 29.1 Å². The van der Waals surface area contributed by atoms with Crippen molar-refractivity contribution in [3.63, 3.8) is 0 Å². The standard InChI is InChI=1S/C14H22O3/c1-17-8-12(13(15)16)14-5-9-2-10(6-14)4-11(3-9)7-14/h9-12H,2-8H2,1H3,(H,15,16). The molecular formula is C14H22O3. The molecule has 0 aromatic rings. The number of carboxylic acids is 1. The fourth-order valence-electron chi connectivity index (χ4n) is 5.28. The van der Waals surface area contributed by atoms with E-state index in [0.717, 1.165) is 37.0 Å². The van der Waals surface area contributed by atoms with Crippen LogP contribution < -0.4 is 0 Å². The van der Waals surface area contributed by atoms with Crippen LogP contribution in [0.1, 0.15) is 38.5 Å². The summed E-state index contributed by atoms with van der Waals surface area (Å²) < 4.78 is 5.17. The molecule has 17 heavy (non-hydrogen) atoms. The van der Waals surface area contributed by atoms with E-state index < -0.39 is 5.97 Å². The van der Waals surface area contributed by atoms with Gasteiger partial charge in [-0.1, -0.05) is 0 Å². The van der Waals surface area contributed by atoms with E-state index in [1.54, 1.807) is 7.11 Å². The quantitative estimate of drug-likeness (QED) is 0.818. The molecule has 4 fully saturated rings. The van der Waals surface area contributed by atoms with Crippen molar-refractivity contribution in [3.05, 3.63) is 0 Å². The summed E-state index contributed by atoms with van der Waals surface area (Å²) in [5.74, 6) is 1.49. The van der Waals surface area contributed by atoms with Crippen molar-refractivity contribution in [3.8, 4) is 0 Å². The van der Waals surface area contributed by atoms with Gasteiger partial charge in [-0.3, -0.25) is 4.79 Å². The monoisotopic (exact) mass is 238 g/mol. The SMILES string of the molecule is COCC(C(=O)O)C12CC3CC(CC(C3)C1)C2. The lowest BCUT2D eigenvalue weighted by Gasteiger charge is -2.58. The van der Waals surface area contributed by atoms with Crippen LogP contribution in [0.15, 0.2) is 0 Å². The highest BCUT2D eigenvalue weighted by atomic mass is 16.5. The topological polar surface area (TPSA) is 46.5 Å². The number of carboxylic acid groups (broad SMARTS) is 1. The van der Waals surface area contributed by atoms with Gasteiger partial charge in [0.05, 0.1) is 12.5 Å². The molecule has 0 aliphatic heterocycles. The molecule has 3 nitrogen and oxygen atoms in total. The molecule has 1 unspecified atom stereocenters. The summed E-state index contributed by atoms with van der Waals surface area (Å²) in [5.41, 5.74) is 0.0661. The van der Waals surface area contributed by atoms with Gasteiger partial charge in [0.25, 0.3) is 0 Å². The number of carbonyl (C=O) groups is 1. The van der Waals surface area contributed by atoms with Crippen LogP contribution in [0, 0.1) is 29.1 Å². The van der Waals surface area contributed by atoms with Gasteiger partial charge in [-0.2, -0.15) is 0 Å². The molecule has 96 valence electrons. The second-order valence-electron chi connectivity index (χ2n) is 6.63. The first-order valence-electron chi connectivity index (χ1n) is 6.85. The van der Waals surface area contributed by atoms with Crippen LogP contribution in [-0.4, -0.2) is 24.8 Å². The molecule has 4 rings (SSSR count). The zero-order valence-corrected chi connectivity index (χ0v) is 10.5. The molecule has 3 heteroatoms.